The Morgan fingerprint density at radius 1 is 1.30 bits per heavy atom. The van der Waals surface area contributed by atoms with Crippen LogP contribution in [0.1, 0.15) is 30.2 Å². The molecule has 1 aliphatic rings. The van der Waals surface area contributed by atoms with Crippen molar-refractivity contribution >= 4 is 15.7 Å². The fourth-order valence-electron chi connectivity index (χ4n) is 3.30. The molecule has 0 saturated carbocycles. The van der Waals surface area contributed by atoms with Crippen LogP contribution in [0, 0.1) is 13.8 Å². The van der Waals surface area contributed by atoms with E-state index in [0.717, 1.165) is 11.1 Å². The maximum Gasteiger partial charge on any atom is 0.264 e. The molecule has 6 nitrogen and oxygen atoms in total. The first kappa shape index (κ1) is 19.5. The van der Waals surface area contributed by atoms with Gasteiger partial charge < -0.3 is 14.1 Å². The third kappa shape index (κ3) is 4.53. The Bertz CT molecular complexity index is 904. The quantitative estimate of drug-likeness (QED) is 0.757. The number of hydrogen-bond donors (Lipinski definition) is 0. The molecule has 2 aromatic rings. The minimum atomic E-state index is -3.12. The van der Waals surface area contributed by atoms with Crippen molar-refractivity contribution in [2.24, 2.45) is 0 Å². The minimum absolute atomic E-state index is 0.0182. The normalized spacial score (nSPS) is 19.6. The lowest BCUT2D eigenvalue weighted by Gasteiger charge is -2.30. The molecule has 2 atom stereocenters. The van der Waals surface area contributed by atoms with Gasteiger partial charge in [0, 0.05) is 6.04 Å². The van der Waals surface area contributed by atoms with Gasteiger partial charge in [-0.1, -0.05) is 12.1 Å². The van der Waals surface area contributed by atoms with E-state index in [-0.39, 0.29) is 30.0 Å². The highest BCUT2D eigenvalue weighted by molar-refractivity contribution is 7.91. The van der Waals surface area contributed by atoms with E-state index in [1.165, 1.54) is 0 Å². The smallest absolute Gasteiger partial charge is 0.264 e. The third-order valence-electron chi connectivity index (χ3n) is 5.04. The monoisotopic (exact) mass is 391 g/mol. The average Bonchev–Trinajstić information content (AvgIpc) is 3.25. The molecule has 2 heterocycles. The maximum atomic E-state index is 13.1. The van der Waals surface area contributed by atoms with Gasteiger partial charge >= 0.3 is 0 Å². The van der Waals surface area contributed by atoms with Gasteiger partial charge in [-0.25, -0.2) is 8.42 Å². The van der Waals surface area contributed by atoms with Gasteiger partial charge in [0.05, 0.1) is 24.3 Å². The molecule has 1 amide bonds. The van der Waals surface area contributed by atoms with Crippen molar-refractivity contribution in [3.63, 3.8) is 0 Å². The first-order valence-corrected chi connectivity index (χ1v) is 10.8. The number of carbonyl (C=O) groups excluding carboxylic acids is 1. The van der Waals surface area contributed by atoms with Crippen molar-refractivity contribution in [1.82, 2.24) is 4.90 Å². The molecule has 0 spiro atoms. The number of ether oxygens (including phenoxy) is 1. The first-order valence-electron chi connectivity index (χ1n) is 9.03. The summed E-state index contributed by atoms with van der Waals surface area (Å²) in [5.41, 5.74) is 2.07. The third-order valence-corrected chi connectivity index (χ3v) is 6.80. The van der Waals surface area contributed by atoms with Gasteiger partial charge in [-0.15, -0.1) is 0 Å². The lowest BCUT2D eigenvalue weighted by molar-refractivity contribution is -0.141. The topological polar surface area (TPSA) is 76.8 Å². The van der Waals surface area contributed by atoms with Crippen LogP contribution >= 0.6 is 0 Å². The van der Waals surface area contributed by atoms with Gasteiger partial charge in [0.15, 0.2) is 15.9 Å². The van der Waals surface area contributed by atoms with Crippen LogP contribution in [0.15, 0.2) is 41.0 Å². The first-order chi connectivity index (χ1) is 12.8. The number of nitrogens with zero attached hydrogens (tertiary/aromatic N) is 1. The molecule has 7 heteroatoms. The van der Waals surface area contributed by atoms with E-state index < -0.39 is 15.9 Å². The number of furan rings is 1. The summed E-state index contributed by atoms with van der Waals surface area (Å²) in [6.45, 7) is 5.86. The number of aryl methyl sites for hydroxylation is 1. The van der Waals surface area contributed by atoms with Crippen molar-refractivity contribution in [3.05, 3.63) is 53.5 Å². The van der Waals surface area contributed by atoms with Crippen LogP contribution in [0.3, 0.4) is 0 Å². The Morgan fingerprint density at radius 3 is 2.70 bits per heavy atom. The molecule has 146 valence electrons. The van der Waals surface area contributed by atoms with Crippen molar-refractivity contribution < 1.29 is 22.4 Å². The Hall–Kier alpha value is -2.28. The van der Waals surface area contributed by atoms with Crippen molar-refractivity contribution in [3.8, 4) is 5.75 Å². The van der Waals surface area contributed by atoms with Gasteiger partial charge in [-0.2, -0.15) is 0 Å². The Labute approximate surface area is 160 Å². The predicted octanol–water partition coefficient (Wildman–Crippen LogP) is 2.88. The fourth-order valence-corrected chi connectivity index (χ4v) is 5.04. The van der Waals surface area contributed by atoms with Gasteiger partial charge in [-0.3, -0.25) is 4.79 Å². The molecule has 1 aromatic carbocycles. The van der Waals surface area contributed by atoms with Crippen LogP contribution in [0.25, 0.3) is 0 Å². The number of benzene rings is 1. The number of rotatable bonds is 6. The van der Waals surface area contributed by atoms with E-state index >= 15 is 0 Å². The van der Waals surface area contributed by atoms with E-state index in [9.17, 15) is 13.2 Å². The second-order valence-electron chi connectivity index (χ2n) is 7.06. The van der Waals surface area contributed by atoms with Gasteiger partial charge in [-0.05, 0) is 56.5 Å². The molecule has 0 radical (unpaired) electrons. The number of amides is 1. The molecule has 0 unspecified atom stereocenters. The molecule has 0 aliphatic carbocycles. The highest BCUT2D eigenvalue weighted by atomic mass is 32.2. The summed E-state index contributed by atoms with van der Waals surface area (Å²) in [6, 6.07) is 8.88. The predicted molar refractivity (Wildman–Crippen MR) is 102 cm³/mol. The second-order valence-corrected chi connectivity index (χ2v) is 9.29. The number of sulfone groups is 1. The van der Waals surface area contributed by atoms with E-state index in [2.05, 4.69) is 0 Å². The molecular formula is C20H25NO5S. The second kappa shape index (κ2) is 7.76. The van der Waals surface area contributed by atoms with E-state index in [0.29, 0.717) is 17.9 Å². The van der Waals surface area contributed by atoms with Gasteiger partial charge in [0.1, 0.15) is 11.5 Å². The van der Waals surface area contributed by atoms with Crippen LogP contribution in [0.4, 0.5) is 0 Å². The largest absolute Gasteiger partial charge is 0.481 e. The summed E-state index contributed by atoms with van der Waals surface area (Å²) in [4.78, 5) is 14.7. The zero-order valence-corrected chi connectivity index (χ0v) is 16.7. The van der Waals surface area contributed by atoms with Gasteiger partial charge in [0.25, 0.3) is 5.91 Å². The summed E-state index contributed by atoms with van der Waals surface area (Å²) in [5, 5.41) is 0. The van der Waals surface area contributed by atoms with Crippen LogP contribution < -0.4 is 4.74 Å². The number of carbonyl (C=O) groups is 1. The van der Waals surface area contributed by atoms with E-state index in [4.69, 9.17) is 9.15 Å². The summed E-state index contributed by atoms with van der Waals surface area (Å²) in [5.74, 6) is 1.12. The summed E-state index contributed by atoms with van der Waals surface area (Å²) < 4.78 is 35.1. The molecule has 0 N–H and O–H groups in total. The van der Waals surface area contributed by atoms with E-state index in [1.807, 2.05) is 32.0 Å². The average molecular weight is 391 g/mol. The summed E-state index contributed by atoms with van der Waals surface area (Å²) in [7, 11) is -3.12. The van der Waals surface area contributed by atoms with Crippen molar-refractivity contribution in [2.75, 3.05) is 11.5 Å². The van der Waals surface area contributed by atoms with Crippen LogP contribution in [-0.2, 0) is 21.2 Å². The van der Waals surface area contributed by atoms with E-state index in [1.54, 1.807) is 30.2 Å². The maximum absolute atomic E-state index is 13.1. The fraction of sp³-hybridized carbons (Fsp3) is 0.450. The van der Waals surface area contributed by atoms with Crippen LogP contribution in [0.5, 0.6) is 5.75 Å². The van der Waals surface area contributed by atoms with Crippen LogP contribution in [-0.4, -0.2) is 42.9 Å². The van der Waals surface area contributed by atoms with Crippen LogP contribution in [0.2, 0.25) is 0 Å². The highest BCUT2D eigenvalue weighted by Gasteiger charge is 2.37. The SMILES string of the molecule is Cc1cccc(O[C@H](C)C(=O)N(Cc2ccco2)[C@H]2CCS(=O)(=O)C2)c1C. The Balaban J connectivity index is 1.80. The lowest BCUT2D eigenvalue weighted by Crippen LogP contribution is -2.46. The lowest BCUT2D eigenvalue weighted by atomic mass is 10.1. The molecule has 1 aromatic heterocycles. The van der Waals surface area contributed by atoms with Crippen molar-refractivity contribution in [2.45, 2.75) is 45.9 Å². The van der Waals surface area contributed by atoms with Crippen molar-refractivity contribution in [1.29, 1.82) is 0 Å². The number of hydrogen-bond acceptors (Lipinski definition) is 5. The standard InChI is InChI=1S/C20H25NO5S/c1-14-6-4-8-19(15(14)2)26-16(3)20(22)21(12-18-7-5-10-25-18)17-9-11-27(23,24)13-17/h4-8,10,16-17H,9,11-13H2,1-3H3/t16-,17+/m1/s1. The molecule has 27 heavy (non-hydrogen) atoms. The highest BCUT2D eigenvalue weighted by Crippen LogP contribution is 2.25. The molecule has 1 fully saturated rings. The Morgan fingerprint density at radius 2 is 2.07 bits per heavy atom. The summed E-state index contributed by atoms with van der Waals surface area (Å²) in [6.07, 6.45) is 1.24. The molecular weight excluding hydrogens is 366 g/mol. The molecule has 1 saturated heterocycles. The van der Waals surface area contributed by atoms with Gasteiger partial charge in [0.2, 0.25) is 0 Å². The Kier molecular flexibility index (Phi) is 5.60. The zero-order valence-electron chi connectivity index (χ0n) is 15.8. The molecule has 1 aliphatic heterocycles. The molecule has 0 bridgehead atoms. The molecule has 3 rings (SSSR count). The minimum Gasteiger partial charge on any atom is -0.481 e. The zero-order chi connectivity index (χ0) is 19.6. The summed E-state index contributed by atoms with van der Waals surface area (Å²) >= 11 is 0.